The van der Waals surface area contributed by atoms with Gasteiger partial charge in [0.2, 0.25) is 0 Å². The van der Waals surface area contributed by atoms with Crippen LogP contribution in [0.4, 0.5) is 4.39 Å². The molecule has 4 aromatic rings. The Morgan fingerprint density at radius 2 is 1.94 bits per heavy atom. The molecular formula is C25H25FN4OS. The molecule has 1 aliphatic rings. The fourth-order valence-electron chi connectivity index (χ4n) is 4.40. The topological polar surface area (TPSA) is 59.8 Å². The van der Waals surface area contributed by atoms with Gasteiger partial charge in [0, 0.05) is 36.4 Å². The van der Waals surface area contributed by atoms with Crippen LogP contribution in [0, 0.1) is 5.82 Å². The van der Waals surface area contributed by atoms with Crippen LogP contribution in [0.25, 0.3) is 10.2 Å². The Labute approximate surface area is 190 Å². The fraction of sp³-hybridized carbons (Fsp3) is 0.320. The molecule has 0 amide bonds. The molecule has 0 aliphatic heterocycles. The molecule has 7 heteroatoms. The fourth-order valence-corrected chi connectivity index (χ4v) is 5.66. The van der Waals surface area contributed by atoms with E-state index >= 15 is 0 Å². The largest absolute Gasteiger partial charge is 0.310 e. The molecule has 0 saturated carbocycles. The summed E-state index contributed by atoms with van der Waals surface area (Å²) in [5.41, 5.74) is 3.57. The second-order valence-corrected chi connectivity index (χ2v) is 9.42. The second-order valence-electron chi connectivity index (χ2n) is 8.33. The lowest BCUT2D eigenvalue weighted by Gasteiger charge is -2.23. The number of rotatable bonds is 7. The van der Waals surface area contributed by atoms with Gasteiger partial charge in [-0.1, -0.05) is 12.1 Å². The first-order chi connectivity index (χ1) is 15.7. The summed E-state index contributed by atoms with van der Waals surface area (Å²) in [7, 11) is 0. The highest BCUT2D eigenvalue weighted by atomic mass is 32.1. The molecule has 0 bridgehead atoms. The number of pyridine rings is 1. The molecule has 1 N–H and O–H groups in total. The van der Waals surface area contributed by atoms with Crippen LogP contribution in [-0.2, 0) is 32.4 Å². The smallest absolute Gasteiger partial charge is 0.262 e. The Morgan fingerprint density at radius 3 is 2.75 bits per heavy atom. The number of aromatic nitrogens is 3. The van der Waals surface area contributed by atoms with Gasteiger partial charge in [-0.05, 0) is 73.1 Å². The average molecular weight is 449 g/mol. The SMILES string of the molecule is O=c1c2c3c(sc2ncn1CCCc1ccncc1)CC(NCc1ccc(F)cc1)CC3. The van der Waals surface area contributed by atoms with Gasteiger partial charge in [-0.2, -0.15) is 0 Å². The third-order valence-corrected chi connectivity index (χ3v) is 7.32. The summed E-state index contributed by atoms with van der Waals surface area (Å²) in [5.74, 6) is -0.211. The Bertz CT molecular complexity index is 1270. The zero-order chi connectivity index (χ0) is 21.9. The van der Waals surface area contributed by atoms with Gasteiger partial charge in [-0.25, -0.2) is 9.37 Å². The van der Waals surface area contributed by atoms with Crippen molar-refractivity contribution in [2.24, 2.45) is 0 Å². The van der Waals surface area contributed by atoms with Gasteiger partial charge in [0.05, 0.1) is 11.7 Å². The van der Waals surface area contributed by atoms with Crippen molar-refractivity contribution >= 4 is 21.6 Å². The highest BCUT2D eigenvalue weighted by Gasteiger charge is 2.25. The Hall–Kier alpha value is -2.90. The van der Waals surface area contributed by atoms with Crippen LogP contribution in [-0.4, -0.2) is 20.6 Å². The number of thiophene rings is 1. The van der Waals surface area contributed by atoms with Crippen LogP contribution in [0.1, 0.15) is 34.4 Å². The summed E-state index contributed by atoms with van der Waals surface area (Å²) in [6, 6.07) is 11.0. The van der Waals surface area contributed by atoms with E-state index in [2.05, 4.69) is 15.3 Å². The Kier molecular flexibility index (Phi) is 6.10. The molecule has 32 heavy (non-hydrogen) atoms. The van der Waals surface area contributed by atoms with E-state index in [1.807, 2.05) is 24.3 Å². The van der Waals surface area contributed by atoms with Crippen molar-refractivity contribution in [2.45, 2.75) is 51.2 Å². The minimum absolute atomic E-state index is 0.0833. The van der Waals surface area contributed by atoms with E-state index in [0.29, 0.717) is 19.1 Å². The number of benzene rings is 1. The summed E-state index contributed by atoms with van der Waals surface area (Å²) in [6.07, 6.45) is 9.87. The summed E-state index contributed by atoms with van der Waals surface area (Å²) in [6.45, 7) is 1.38. The van der Waals surface area contributed by atoms with Gasteiger partial charge < -0.3 is 5.32 Å². The lowest BCUT2D eigenvalue weighted by atomic mass is 9.93. The third kappa shape index (κ3) is 4.49. The normalized spacial score (nSPS) is 15.7. The lowest BCUT2D eigenvalue weighted by molar-refractivity contribution is 0.462. The van der Waals surface area contributed by atoms with Gasteiger partial charge >= 0.3 is 0 Å². The van der Waals surface area contributed by atoms with Crippen LogP contribution in [0.5, 0.6) is 0 Å². The number of halogens is 1. The molecular weight excluding hydrogens is 423 g/mol. The van der Waals surface area contributed by atoms with Gasteiger partial charge in [0.15, 0.2) is 0 Å². The van der Waals surface area contributed by atoms with Crippen molar-refractivity contribution in [3.05, 3.63) is 92.9 Å². The summed E-state index contributed by atoms with van der Waals surface area (Å²) >= 11 is 1.65. The second kappa shape index (κ2) is 9.30. The van der Waals surface area contributed by atoms with Crippen molar-refractivity contribution in [1.29, 1.82) is 0 Å². The van der Waals surface area contributed by atoms with E-state index in [1.54, 1.807) is 34.6 Å². The molecule has 0 radical (unpaired) electrons. The number of hydrogen-bond acceptors (Lipinski definition) is 5. The zero-order valence-electron chi connectivity index (χ0n) is 17.8. The highest BCUT2D eigenvalue weighted by Crippen LogP contribution is 2.33. The molecule has 0 fully saturated rings. The molecule has 0 saturated heterocycles. The first-order valence-electron chi connectivity index (χ1n) is 11.0. The summed E-state index contributed by atoms with van der Waals surface area (Å²) < 4.78 is 14.9. The monoisotopic (exact) mass is 448 g/mol. The minimum Gasteiger partial charge on any atom is -0.310 e. The standard InChI is InChI=1S/C25H25FN4OS/c26-19-5-3-18(4-6-19)15-28-20-7-8-21-22(14-20)32-24-23(21)25(31)30(16-29-24)13-1-2-17-9-11-27-12-10-17/h3-6,9-12,16,20,28H,1-2,7-8,13-15H2. The van der Waals surface area contributed by atoms with Gasteiger partial charge in [0.25, 0.3) is 5.56 Å². The lowest BCUT2D eigenvalue weighted by Crippen LogP contribution is -2.33. The number of fused-ring (bicyclic) bond motifs is 3. The molecule has 5 nitrogen and oxygen atoms in total. The van der Waals surface area contributed by atoms with Crippen molar-refractivity contribution in [1.82, 2.24) is 19.9 Å². The predicted molar refractivity (Wildman–Crippen MR) is 125 cm³/mol. The molecule has 1 aromatic carbocycles. The molecule has 5 rings (SSSR count). The molecule has 3 heterocycles. The van der Waals surface area contributed by atoms with Crippen molar-refractivity contribution in [3.8, 4) is 0 Å². The first-order valence-corrected chi connectivity index (χ1v) is 11.9. The van der Waals surface area contributed by atoms with Crippen LogP contribution in [0.2, 0.25) is 0 Å². The van der Waals surface area contributed by atoms with Crippen LogP contribution >= 0.6 is 11.3 Å². The van der Waals surface area contributed by atoms with Crippen LogP contribution in [0.3, 0.4) is 0 Å². The molecule has 0 spiro atoms. The number of aryl methyl sites for hydroxylation is 3. The Morgan fingerprint density at radius 1 is 1.12 bits per heavy atom. The van der Waals surface area contributed by atoms with Gasteiger partial charge in [0.1, 0.15) is 10.6 Å². The maximum absolute atomic E-state index is 13.2. The van der Waals surface area contributed by atoms with Crippen LogP contribution in [0.15, 0.2) is 59.9 Å². The molecule has 1 aliphatic carbocycles. The van der Waals surface area contributed by atoms with E-state index in [9.17, 15) is 9.18 Å². The van der Waals surface area contributed by atoms with E-state index < -0.39 is 0 Å². The maximum Gasteiger partial charge on any atom is 0.262 e. The predicted octanol–water partition coefficient (Wildman–Crippen LogP) is 4.27. The third-order valence-electron chi connectivity index (χ3n) is 6.16. The summed E-state index contributed by atoms with van der Waals surface area (Å²) in [5, 5.41) is 4.40. The summed E-state index contributed by atoms with van der Waals surface area (Å²) in [4.78, 5) is 24.0. The Balaban J connectivity index is 1.27. The van der Waals surface area contributed by atoms with Crippen molar-refractivity contribution in [2.75, 3.05) is 0 Å². The minimum atomic E-state index is -0.211. The highest BCUT2D eigenvalue weighted by molar-refractivity contribution is 7.18. The van der Waals surface area contributed by atoms with E-state index in [4.69, 9.17) is 0 Å². The van der Waals surface area contributed by atoms with E-state index in [0.717, 1.165) is 47.9 Å². The molecule has 164 valence electrons. The van der Waals surface area contributed by atoms with Gasteiger partial charge in [-0.15, -0.1) is 11.3 Å². The van der Waals surface area contributed by atoms with Crippen LogP contribution < -0.4 is 10.9 Å². The van der Waals surface area contributed by atoms with E-state index in [1.165, 1.54) is 28.1 Å². The average Bonchev–Trinajstić information content (AvgIpc) is 3.19. The number of nitrogens with zero attached hydrogens (tertiary/aromatic N) is 3. The zero-order valence-corrected chi connectivity index (χ0v) is 18.6. The van der Waals surface area contributed by atoms with Crippen molar-refractivity contribution < 1.29 is 4.39 Å². The quantitative estimate of drug-likeness (QED) is 0.459. The molecule has 3 aromatic heterocycles. The number of nitrogens with one attached hydrogen (secondary N) is 1. The van der Waals surface area contributed by atoms with Gasteiger partial charge in [-0.3, -0.25) is 14.3 Å². The van der Waals surface area contributed by atoms with E-state index in [-0.39, 0.29) is 11.4 Å². The maximum atomic E-state index is 13.2. The molecule has 1 unspecified atom stereocenters. The first kappa shape index (κ1) is 21.0. The molecule has 1 atom stereocenters. The number of hydrogen-bond donors (Lipinski definition) is 1. The van der Waals surface area contributed by atoms with Crippen molar-refractivity contribution in [3.63, 3.8) is 0 Å².